The van der Waals surface area contributed by atoms with Crippen molar-refractivity contribution in [3.8, 4) is 5.69 Å². The van der Waals surface area contributed by atoms with Crippen molar-refractivity contribution >= 4 is 22.0 Å². The lowest BCUT2D eigenvalue weighted by Gasteiger charge is -2.01. The Hall–Kier alpha value is -2.13. The summed E-state index contributed by atoms with van der Waals surface area (Å²) in [4.78, 5) is 0. The molecular weight excluding hydrogens is 288 g/mol. The number of hydrogen-bond donors (Lipinski definition) is 1. The summed E-state index contributed by atoms with van der Waals surface area (Å²) < 4.78 is 2.30. The van der Waals surface area contributed by atoms with Crippen LogP contribution in [0, 0.1) is 6.92 Å². The molecule has 112 valence electrons. The maximum atomic E-state index is 3.52. The van der Waals surface area contributed by atoms with Gasteiger partial charge in [0.25, 0.3) is 0 Å². The van der Waals surface area contributed by atoms with Crippen molar-refractivity contribution < 1.29 is 4.57 Å². The Morgan fingerprint density at radius 1 is 1.00 bits per heavy atom. The summed E-state index contributed by atoms with van der Waals surface area (Å²) in [5.74, 6) is 0. The molecule has 1 N–H and O–H groups in total. The van der Waals surface area contributed by atoms with Crippen molar-refractivity contribution in [2.45, 2.75) is 26.7 Å². The van der Waals surface area contributed by atoms with Crippen molar-refractivity contribution in [2.24, 2.45) is 0 Å². The molecular formula is C19H21N2S+. The molecule has 2 nitrogen and oxygen atoms in total. The molecule has 0 aliphatic heterocycles. The molecule has 0 fully saturated rings. The number of rotatable bonds is 5. The predicted molar refractivity (Wildman–Crippen MR) is 94.3 cm³/mol. The largest absolute Gasteiger partial charge is 0.342 e. The minimum absolute atomic E-state index is 1.09. The molecule has 0 bridgehead atoms. The molecule has 3 rings (SSSR count). The Balaban J connectivity index is 1.91. The van der Waals surface area contributed by atoms with Gasteiger partial charge in [0.2, 0.25) is 16.9 Å². The first kappa shape index (κ1) is 14.8. The third-order valence-electron chi connectivity index (χ3n) is 3.56. The molecule has 2 aromatic carbocycles. The van der Waals surface area contributed by atoms with Gasteiger partial charge in [-0.05, 0) is 36.8 Å². The van der Waals surface area contributed by atoms with E-state index < -0.39 is 0 Å². The van der Waals surface area contributed by atoms with Crippen molar-refractivity contribution in [1.29, 1.82) is 0 Å². The van der Waals surface area contributed by atoms with E-state index in [4.69, 9.17) is 0 Å². The fraction of sp³-hybridized carbons (Fsp3) is 0.211. The molecule has 1 aromatic heterocycles. The Morgan fingerprint density at radius 3 is 2.41 bits per heavy atom. The van der Waals surface area contributed by atoms with Crippen LogP contribution < -0.4 is 9.88 Å². The van der Waals surface area contributed by atoms with E-state index in [0.717, 1.165) is 18.5 Å². The number of nitrogens with zero attached hydrogens (tertiary/aromatic N) is 1. The van der Waals surface area contributed by atoms with Crippen LogP contribution in [-0.4, -0.2) is 0 Å². The van der Waals surface area contributed by atoms with E-state index in [-0.39, 0.29) is 0 Å². The normalized spacial score (nSPS) is 10.6. The van der Waals surface area contributed by atoms with Crippen LogP contribution >= 0.6 is 11.3 Å². The van der Waals surface area contributed by atoms with Crippen LogP contribution in [0.4, 0.5) is 10.7 Å². The van der Waals surface area contributed by atoms with Crippen molar-refractivity contribution in [1.82, 2.24) is 0 Å². The Bertz CT molecular complexity index is 730. The molecule has 3 aromatic rings. The number of benzene rings is 2. The summed E-state index contributed by atoms with van der Waals surface area (Å²) in [6.07, 6.45) is 4.44. The second-order valence-electron chi connectivity index (χ2n) is 5.44. The van der Waals surface area contributed by atoms with Crippen molar-refractivity contribution in [2.75, 3.05) is 5.32 Å². The molecule has 0 atom stereocenters. The number of nitrogens with one attached hydrogen (secondary N) is 1. The minimum atomic E-state index is 1.09. The van der Waals surface area contributed by atoms with Crippen LogP contribution in [-0.2, 0) is 6.42 Å². The quantitative estimate of drug-likeness (QED) is 0.654. The van der Waals surface area contributed by atoms with Gasteiger partial charge in [0.05, 0.1) is 0 Å². The Labute approximate surface area is 136 Å². The molecule has 0 aliphatic carbocycles. The predicted octanol–water partition coefficient (Wildman–Crippen LogP) is 5.03. The van der Waals surface area contributed by atoms with Crippen molar-refractivity contribution in [3.05, 3.63) is 71.4 Å². The third-order valence-corrected chi connectivity index (χ3v) is 4.62. The molecule has 22 heavy (non-hydrogen) atoms. The van der Waals surface area contributed by atoms with E-state index in [1.54, 1.807) is 0 Å². The lowest BCUT2D eigenvalue weighted by molar-refractivity contribution is -0.598. The maximum Gasteiger partial charge on any atom is 0.245 e. The number of aromatic nitrogens is 1. The zero-order valence-corrected chi connectivity index (χ0v) is 13.9. The van der Waals surface area contributed by atoms with Crippen molar-refractivity contribution in [3.63, 3.8) is 0 Å². The number of para-hydroxylation sites is 1. The molecule has 0 aliphatic rings. The zero-order chi connectivity index (χ0) is 15.4. The van der Waals surface area contributed by atoms with Crippen LogP contribution in [0.3, 0.4) is 0 Å². The van der Waals surface area contributed by atoms with E-state index in [1.807, 2.05) is 11.3 Å². The van der Waals surface area contributed by atoms with Gasteiger partial charge < -0.3 is 5.32 Å². The summed E-state index contributed by atoms with van der Waals surface area (Å²) in [6, 6.07) is 19.1. The van der Waals surface area contributed by atoms with Crippen LogP contribution in [0.15, 0.2) is 60.8 Å². The summed E-state index contributed by atoms with van der Waals surface area (Å²) in [6.45, 7) is 4.33. The molecule has 3 heteroatoms. The highest BCUT2D eigenvalue weighted by atomic mass is 32.1. The van der Waals surface area contributed by atoms with E-state index in [2.05, 4.69) is 84.5 Å². The monoisotopic (exact) mass is 309 g/mol. The molecule has 0 saturated carbocycles. The van der Waals surface area contributed by atoms with E-state index in [0.29, 0.717) is 0 Å². The number of thiazole rings is 1. The molecule has 0 amide bonds. The summed E-state index contributed by atoms with van der Waals surface area (Å²) in [5.41, 5.74) is 3.64. The van der Waals surface area contributed by atoms with Crippen LogP contribution in [0.5, 0.6) is 0 Å². The van der Waals surface area contributed by atoms with Gasteiger partial charge >= 0.3 is 0 Å². The average Bonchev–Trinajstić information content (AvgIpc) is 2.93. The lowest BCUT2D eigenvalue weighted by atomic mass is 10.2. The van der Waals surface area contributed by atoms with Gasteiger partial charge in [0.1, 0.15) is 0 Å². The van der Waals surface area contributed by atoms with E-state index in [9.17, 15) is 0 Å². The Morgan fingerprint density at radius 2 is 1.73 bits per heavy atom. The summed E-state index contributed by atoms with van der Waals surface area (Å²) in [7, 11) is 0. The highest BCUT2D eigenvalue weighted by molar-refractivity contribution is 7.15. The van der Waals surface area contributed by atoms with Gasteiger partial charge in [0, 0.05) is 24.2 Å². The van der Waals surface area contributed by atoms with Gasteiger partial charge in [-0.1, -0.05) is 42.8 Å². The van der Waals surface area contributed by atoms with Gasteiger partial charge in [-0.2, -0.15) is 4.57 Å². The SMILES string of the molecule is CCCc1sc(Nc2ccc(C)cc2)c[n+]1-c1ccccc1. The van der Waals surface area contributed by atoms with Crippen LogP contribution in [0.2, 0.25) is 0 Å². The lowest BCUT2D eigenvalue weighted by Crippen LogP contribution is -2.31. The zero-order valence-electron chi connectivity index (χ0n) is 13.0. The summed E-state index contributed by atoms with van der Waals surface area (Å²) >= 11 is 1.83. The second-order valence-corrected chi connectivity index (χ2v) is 6.55. The first-order valence-corrected chi connectivity index (χ1v) is 8.51. The molecule has 0 radical (unpaired) electrons. The fourth-order valence-electron chi connectivity index (χ4n) is 2.42. The number of hydrogen-bond acceptors (Lipinski definition) is 2. The molecule has 0 unspecified atom stereocenters. The fourth-order valence-corrected chi connectivity index (χ4v) is 3.56. The third kappa shape index (κ3) is 3.37. The standard InChI is InChI=1S/C19H21N2S/c1-3-7-19-21(17-8-5-4-6-9-17)14-18(22-19)20-16-12-10-15(2)11-13-16/h4-6,8-14,20H,3,7H2,1-2H3/q+1. The van der Waals surface area contributed by atoms with E-state index >= 15 is 0 Å². The van der Waals surface area contributed by atoms with Gasteiger partial charge in [0.15, 0.2) is 5.00 Å². The molecule has 0 saturated heterocycles. The van der Waals surface area contributed by atoms with Gasteiger partial charge in [-0.15, -0.1) is 0 Å². The minimum Gasteiger partial charge on any atom is -0.342 e. The summed E-state index contributed by atoms with van der Waals surface area (Å²) in [5, 5.41) is 6.07. The highest BCUT2D eigenvalue weighted by Crippen LogP contribution is 2.24. The number of anilines is 2. The average molecular weight is 309 g/mol. The molecule has 1 heterocycles. The van der Waals surface area contributed by atoms with Crippen LogP contribution in [0.25, 0.3) is 5.69 Å². The smallest absolute Gasteiger partial charge is 0.245 e. The Kier molecular flexibility index (Phi) is 4.54. The first-order valence-electron chi connectivity index (χ1n) is 7.70. The van der Waals surface area contributed by atoms with Crippen LogP contribution in [0.1, 0.15) is 23.9 Å². The highest BCUT2D eigenvalue weighted by Gasteiger charge is 2.18. The van der Waals surface area contributed by atoms with Gasteiger partial charge in [-0.25, -0.2) is 0 Å². The topological polar surface area (TPSA) is 15.9 Å². The maximum absolute atomic E-state index is 3.52. The second kappa shape index (κ2) is 6.75. The van der Waals surface area contributed by atoms with E-state index in [1.165, 1.54) is 21.3 Å². The molecule has 0 spiro atoms. The first-order chi connectivity index (χ1) is 10.8. The van der Waals surface area contributed by atoms with Gasteiger partial charge in [-0.3, -0.25) is 0 Å². The number of aryl methyl sites for hydroxylation is 2.